The zero-order chi connectivity index (χ0) is 13.8. The SMILES string of the molecule is Cc1ccc(CC(=O)Nc2ccc(Cl)c(N)c2)cc1. The van der Waals surface area contributed by atoms with Crippen LogP contribution in [0.2, 0.25) is 5.02 Å². The first-order chi connectivity index (χ1) is 9.04. The van der Waals surface area contributed by atoms with Crippen molar-refractivity contribution >= 4 is 28.9 Å². The van der Waals surface area contributed by atoms with Crippen molar-refractivity contribution < 1.29 is 4.79 Å². The van der Waals surface area contributed by atoms with Crippen molar-refractivity contribution in [3.05, 3.63) is 58.6 Å². The van der Waals surface area contributed by atoms with Gasteiger partial charge < -0.3 is 11.1 Å². The number of nitrogens with one attached hydrogen (secondary N) is 1. The highest BCUT2D eigenvalue weighted by Crippen LogP contribution is 2.22. The molecule has 0 aliphatic heterocycles. The molecule has 3 N–H and O–H groups in total. The maximum atomic E-state index is 11.9. The second-order valence-corrected chi connectivity index (χ2v) is 4.85. The second kappa shape index (κ2) is 5.76. The number of benzene rings is 2. The second-order valence-electron chi connectivity index (χ2n) is 4.45. The fraction of sp³-hybridized carbons (Fsp3) is 0.133. The quantitative estimate of drug-likeness (QED) is 0.843. The Labute approximate surface area is 117 Å². The lowest BCUT2D eigenvalue weighted by Crippen LogP contribution is -2.14. The van der Waals surface area contributed by atoms with Crippen molar-refractivity contribution in [2.24, 2.45) is 0 Å². The number of rotatable bonds is 3. The van der Waals surface area contributed by atoms with Crippen LogP contribution < -0.4 is 11.1 Å². The minimum absolute atomic E-state index is 0.0782. The molecule has 0 saturated carbocycles. The molecule has 0 spiro atoms. The molecule has 4 heteroatoms. The number of nitrogens with two attached hydrogens (primary N) is 1. The van der Waals surface area contributed by atoms with Crippen LogP contribution in [0.3, 0.4) is 0 Å². The lowest BCUT2D eigenvalue weighted by Gasteiger charge is -2.07. The van der Waals surface area contributed by atoms with Gasteiger partial charge >= 0.3 is 0 Å². The highest BCUT2D eigenvalue weighted by Gasteiger charge is 2.05. The van der Waals surface area contributed by atoms with E-state index in [1.54, 1.807) is 18.2 Å². The van der Waals surface area contributed by atoms with Crippen LogP contribution in [0.25, 0.3) is 0 Å². The Balaban J connectivity index is 2.01. The van der Waals surface area contributed by atoms with Crippen LogP contribution in [0.15, 0.2) is 42.5 Å². The van der Waals surface area contributed by atoms with Gasteiger partial charge in [0.2, 0.25) is 5.91 Å². The molecule has 1 amide bonds. The number of amides is 1. The molecule has 0 radical (unpaired) electrons. The topological polar surface area (TPSA) is 55.1 Å². The third-order valence-corrected chi connectivity index (χ3v) is 3.11. The summed E-state index contributed by atoms with van der Waals surface area (Å²) in [6, 6.07) is 12.9. The van der Waals surface area contributed by atoms with Gasteiger partial charge in [-0.05, 0) is 30.7 Å². The van der Waals surface area contributed by atoms with E-state index >= 15 is 0 Å². The molecule has 2 aromatic rings. The zero-order valence-electron chi connectivity index (χ0n) is 10.6. The predicted octanol–water partition coefficient (Wildman–Crippen LogP) is 3.41. The van der Waals surface area contributed by atoms with E-state index < -0.39 is 0 Å². The molecule has 2 aromatic carbocycles. The van der Waals surface area contributed by atoms with Gasteiger partial charge in [0.15, 0.2) is 0 Å². The molecule has 3 nitrogen and oxygen atoms in total. The van der Waals surface area contributed by atoms with Crippen molar-refractivity contribution in [1.82, 2.24) is 0 Å². The predicted molar refractivity (Wildman–Crippen MR) is 79.4 cm³/mol. The standard InChI is InChI=1S/C15H15ClN2O/c1-10-2-4-11(5-3-10)8-15(19)18-12-6-7-13(16)14(17)9-12/h2-7,9H,8,17H2,1H3,(H,18,19). The van der Waals surface area contributed by atoms with E-state index in [1.165, 1.54) is 5.56 Å². The van der Waals surface area contributed by atoms with Crippen LogP contribution >= 0.6 is 11.6 Å². The summed E-state index contributed by atoms with van der Waals surface area (Å²) < 4.78 is 0. The summed E-state index contributed by atoms with van der Waals surface area (Å²) in [5, 5.41) is 3.28. The summed E-state index contributed by atoms with van der Waals surface area (Å²) in [6.07, 6.45) is 0.336. The molecule has 0 unspecified atom stereocenters. The summed E-state index contributed by atoms with van der Waals surface area (Å²) in [4.78, 5) is 11.9. The summed E-state index contributed by atoms with van der Waals surface area (Å²) in [5.41, 5.74) is 8.94. The van der Waals surface area contributed by atoms with Crippen molar-refractivity contribution in [3.8, 4) is 0 Å². The maximum absolute atomic E-state index is 11.9. The van der Waals surface area contributed by atoms with Gasteiger partial charge in [-0.15, -0.1) is 0 Å². The molecule has 0 fully saturated rings. The van der Waals surface area contributed by atoms with E-state index in [2.05, 4.69) is 5.32 Å². The molecule has 98 valence electrons. The van der Waals surface area contributed by atoms with E-state index in [0.717, 1.165) is 5.56 Å². The summed E-state index contributed by atoms with van der Waals surface area (Å²) >= 11 is 5.82. The summed E-state index contributed by atoms with van der Waals surface area (Å²) in [5.74, 6) is -0.0782. The van der Waals surface area contributed by atoms with E-state index in [1.807, 2.05) is 31.2 Å². The summed E-state index contributed by atoms with van der Waals surface area (Å²) in [6.45, 7) is 2.01. The van der Waals surface area contributed by atoms with Crippen LogP contribution in [0, 0.1) is 6.92 Å². The Morgan fingerprint density at radius 2 is 1.89 bits per heavy atom. The van der Waals surface area contributed by atoms with E-state index in [4.69, 9.17) is 17.3 Å². The first-order valence-corrected chi connectivity index (χ1v) is 6.33. The highest BCUT2D eigenvalue weighted by molar-refractivity contribution is 6.33. The van der Waals surface area contributed by atoms with Gasteiger partial charge in [0.05, 0.1) is 17.1 Å². The van der Waals surface area contributed by atoms with Gasteiger partial charge in [0.1, 0.15) is 0 Å². The minimum Gasteiger partial charge on any atom is -0.397 e. The number of hydrogen-bond acceptors (Lipinski definition) is 2. The van der Waals surface area contributed by atoms with Gasteiger partial charge in [-0.25, -0.2) is 0 Å². The van der Waals surface area contributed by atoms with Crippen LogP contribution in [0.4, 0.5) is 11.4 Å². The molecule has 0 aromatic heterocycles. The monoisotopic (exact) mass is 274 g/mol. The fourth-order valence-electron chi connectivity index (χ4n) is 1.72. The van der Waals surface area contributed by atoms with Crippen molar-refractivity contribution in [3.63, 3.8) is 0 Å². The molecule has 2 rings (SSSR count). The third kappa shape index (κ3) is 3.73. The number of hydrogen-bond donors (Lipinski definition) is 2. The summed E-state index contributed by atoms with van der Waals surface area (Å²) in [7, 11) is 0. The number of carbonyl (C=O) groups is 1. The number of halogens is 1. The Kier molecular flexibility index (Phi) is 4.07. The molecular formula is C15H15ClN2O. The van der Waals surface area contributed by atoms with Gasteiger partial charge in [-0.3, -0.25) is 4.79 Å². The molecule has 0 aliphatic rings. The maximum Gasteiger partial charge on any atom is 0.228 e. The first kappa shape index (κ1) is 13.4. The Bertz CT molecular complexity index is 594. The lowest BCUT2D eigenvalue weighted by molar-refractivity contribution is -0.115. The smallest absolute Gasteiger partial charge is 0.228 e. The largest absolute Gasteiger partial charge is 0.397 e. The lowest BCUT2D eigenvalue weighted by atomic mass is 10.1. The fourth-order valence-corrected chi connectivity index (χ4v) is 1.84. The van der Waals surface area contributed by atoms with Crippen molar-refractivity contribution in [2.75, 3.05) is 11.1 Å². The molecule has 0 heterocycles. The van der Waals surface area contributed by atoms with Gasteiger partial charge in [-0.1, -0.05) is 41.4 Å². The molecule has 0 atom stereocenters. The molecule has 0 saturated heterocycles. The Hall–Kier alpha value is -2.00. The molecular weight excluding hydrogens is 260 g/mol. The van der Waals surface area contributed by atoms with Gasteiger partial charge in [0.25, 0.3) is 0 Å². The van der Waals surface area contributed by atoms with E-state index in [0.29, 0.717) is 22.8 Å². The van der Waals surface area contributed by atoms with Crippen LogP contribution in [0.1, 0.15) is 11.1 Å². The highest BCUT2D eigenvalue weighted by atomic mass is 35.5. The number of nitrogen functional groups attached to an aromatic ring is 1. The van der Waals surface area contributed by atoms with E-state index in [-0.39, 0.29) is 5.91 Å². The average Bonchev–Trinajstić information content (AvgIpc) is 2.37. The van der Waals surface area contributed by atoms with Crippen molar-refractivity contribution in [2.45, 2.75) is 13.3 Å². The number of carbonyl (C=O) groups excluding carboxylic acids is 1. The first-order valence-electron chi connectivity index (χ1n) is 5.95. The van der Waals surface area contributed by atoms with Crippen LogP contribution in [-0.2, 0) is 11.2 Å². The number of anilines is 2. The van der Waals surface area contributed by atoms with Crippen molar-refractivity contribution in [1.29, 1.82) is 0 Å². The zero-order valence-corrected chi connectivity index (χ0v) is 11.4. The Morgan fingerprint density at radius 3 is 2.53 bits per heavy atom. The molecule has 0 aliphatic carbocycles. The normalized spacial score (nSPS) is 10.2. The molecule has 19 heavy (non-hydrogen) atoms. The average molecular weight is 275 g/mol. The van der Waals surface area contributed by atoms with Gasteiger partial charge in [-0.2, -0.15) is 0 Å². The number of aryl methyl sites for hydroxylation is 1. The molecule has 0 bridgehead atoms. The minimum atomic E-state index is -0.0782. The van der Waals surface area contributed by atoms with Crippen LogP contribution in [-0.4, -0.2) is 5.91 Å². The Morgan fingerprint density at radius 1 is 1.21 bits per heavy atom. The third-order valence-electron chi connectivity index (χ3n) is 2.77. The van der Waals surface area contributed by atoms with Gasteiger partial charge in [0, 0.05) is 5.69 Å². The van der Waals surface area contributed by atoms with Crippen LogP contribution in [0.5, 0.6) is 0 Å². The van der Waals surface area contributed by atoms with E-state index in [9.17, 15) is 4.79 Å².